The Bertz CT molecular complexity index is 675. The lowest BCUT2D eigenvalue weighted by molar-refractivity contribution is -0.121. The van der Waals surface area contributed by atoms with E-state index in [1.165, 1.54) is 0 Å². The first kappa shape index (κ1) is 14.1. The van der Waals surface area contributed by atoms with Crippen molar-refractivity contribution in [2.24, 2.45) is 5.41 Å². The number of aryl methyl sites for hydroxylation is 1. The van der Waals surface area contributed by atoms with E-state index < -0.39 is 0 Å². The van der Waals surface area contributed by atoms with E-state index in [1.807, 2.05) is 25.1 Å². The van der Waals surface area contributed by atoms with Crippen molar-refractivity contribution in [2.75, 3.05) is 11.9 Å². The van der Waals surface area contributed by atoms with Crippen LogP contribution in [-0.4, -0.2) is 23.5 Å². The number of benzene rings is 1. The van der Waals surface area contributed by atoms with Crippen molar-refractivity contribution in [3.05, 3.63) is 24.1 Å². The number of carbonyl (C=O) groups is 1. The minimum atomic E-state index is -0.166. The van der Waals surface area contributed by atoms with Gasteiger partial charge in [-0.3, -0.25) is 4.79 Å². The van der Waals surface area contributed by atoms with E-state index in [9.17, 15) is 4.79 Å². The van der Waals surface area contributed by atoms with Gasteiger partial charge in [-0.1, -0.05) is 13.8 Å². The molecule has 1 aromatic heterocycles. The number of piperidine rings is 1. The van der Waals surface area contributed by atoms with Crippen LogP contribution >= 0.6 is 0 Å². The van der Waals surface area contributed by atoms with Crippen LogP contribution in [0.25, 0.3) is 11.1 Å². The zero-order valence-corrected chi connectivity index (χ0v) is 12.7. The number of hydrogen-bond acceptors (Lipinski definition) is 4. The molecule has 3 rings (SSSR count). The van der Waals surface area contributed by atoms with Gasteiger partial charge in [0.1, 0.15) is 5.52 Å². The van der Waals surface area contributed by atoms with Crippen LogP contribution in [0.4, 0.5) is 5.69 Å². The van der Waals surface area contributed by atoms with Crippen molar-refractivity contribution in [3.8, 4) is 0 Å². The van der Waals surface area contributed by atoms with E-state index in [4.69, 9.17) is 4.42 Å². The fourth-order valence-electron chi connectivity index (χ4n) is 2.99. The molecule has 2 aromatic rings. The van der Waals surface area contributed by atoms with Crippen LogP contribution in [0, 0.1) is 12.3 Å². The summed E-state index contributed by atoms with van der Waals surface area (Å²) in [6.45, 7) is 6.97. The van der Waals surface area contributed by atoms with Gasteiger partial charge in [-0.15, -0.1) is 0 Å². The lowest BCUT2D eigenvalue weighted by Crippen LogP contribution is -2.53. The molecule has 1 aliphatic rings. The molecule has 112 valence electrons. The highest BCUT2D eigenvalue weighted by Crippen LogP contribution is 2.31. The Morgan fingerprint density at radius 3 is 3.05 bits per heavy atom. The van der Waals surface area contributed by atoms with Crippen LogP contribution in [0.5, 0.6) is 0 Å². The fraction of sp³-hybridized carbons (Fsp3) is 0.500. The van der Waals surface area contributed by atoms with Gasteiger partial charge in [-0.05, 0) is 43.0 Å². The number of nitrogens with zero attached hydrogens (tertiary/aromatic N) is 1. The van der Waals surface area contributed by atoms with Crippen LogP contribution in [0.15, 0.2) is 22.6 Å². The number of rotatable bonds is 2. The Balaban J connectivity index is 1.79. The first-order valence-corrected chi connectivity index (χ1v) is 7.37. The van der Waals surface area contributed by atoms with Gasteiger partial charge in [0.25, 0.3) is 0 Å². The topological polar surface area (TPSA) is 67.2 Å². The summed E-state index contributed by atoms with van der Waals surface area (Å²) < 4.78 is 5.44. The zero-order chi connectivity index (χ0) is 15.0. The first-order chi connectivity index (χ1) is 9.95. The van der Waals surface area contributed by atoms with Gasteiger partial charge in [-0.25, -0.2) is 4.98 Å². The molecule has 0 aliphatic carbocycles. The van der Waals surface area contributed by atoms with Gasteiger partial charge in [0, 0.05) is 12.6 Å². The van der Waals surface area contributed by atoms with E-state index in [1.54, 1.807) is 0 Å². The number of aromatic nitrogens is 1. The van der Waals surface area contributed by atoms with Crippen LogP contribution in [0.3, 0.4) is 0 Å². The second kappa shape index (κ2) is 5.15. The molecular weight excluding hydrogens is 266 g/mol. The van der Waals surface area contributed by atoms with Crippen LogP contribution < -0.4 is 10.6 Å². The highest BCUT2D eigenvalue weighted by atomic mass is 16.3. The van der Waals surface area contributed by atoms with Crippen molar-refractivity contribution < 1.29 is 9.21 Å². The highest BCUT2D eigenvalue weighted by molar-refractivity contribution is 5.96. The molecule has 5 heteroatoms. The highest BCUT2D eigenvalue weighted by Gasteiger charge is 2.37. The van der Waals surface area contributed by atoms with E-state index in [0.717, 1.165) is 36.2 Å². The van der Waals surface area contributed by atoms with Gasteiger partial charge in [0.05, 0.1) is 6.04 Å². The van der Waals surface area contributed by atoms with Gasteiger partial charge in [0.2, 0.25) is 5.91 Å². The molecule has 1 unspecified atom stereocenters. The Hall–Kier alpha value is -1.88. The largest absolute Gasteiger partial charge is 0.441 e. The minimum absolute atomic E-state index is 0.0132. The summed E-state index contributed by atoms with van der Waals surface area (Å²) in [7, 11) is 0. The smallest absolute Gasteiger partial charge is 0.242 e. The molecule has 1 fully saturated rings. The number of anilines is 1. The SMILES string of the molecule is Cc1nc2cc(NC(=O)C3NCCCC3(C)C)ccc2o1. The lowest BCUT2D eigenvalue weighted by atomic mass is 9.77. The van der Waals surface area contributed by atoms with E-state index in [-0.39, 0.29) is 17.4 Å². The summed E-state index contributed by atoms with van der Waals surface area (Å²) in [5.74, 6) is 0.642. The molecule has 21 heavy (non-hydrogen) atoms. The summed E-state index contributed by atoms with van der Waals surface area (Å²) in [6, 6.07) is 5.37. The molecule has 1 aromatic carbocycles. The zero-order valence-electron chi connectivity index (χ0n) is 12.7. The van der Waals surface area contributed by atoms with Crippen molar-refractivity contribution >= 4 is 22.7 Å². The molecule has 1 amide bonds. The molecule has 0 saturated carbocycles. The standard InChI is InChI=1S/C16H21N3O2/c1-10-18-12-9-11(5-6-13(12)21-10)19-15(20)14-16(2,3)7-4-8-17-14/h5-6,9,14,17H,4,7-8H2,1-3H3,(H,19,20). The summed E-state index contributed by atoms with van der Waals surface area (Å²) in [6.07, 6.45) is 2.17. The van der Waals surface area contributed by atoms with Crippen LogP contribution in [0.1, 0.15) is 32.6 Å². The Morgan fingerprint density at radius 2 is 2.29 bits per heavy atom. The molecule has 1 saturated heterocycles. The number of oxazole rings is 1. The summed E-state index contributed by atoms with van der Waals surface area (Å²) >= 11 is 0. The summed E-state index contributed by atoms with van der Waals surface area (Å²) in [5, 5.41) is 6.31. The number of fused-ring (bicyclic) bond motifs is 1. The van der Waals surface area contributed by atoms with Crippen LogP contribution in [0.2, 0.25) is 0 Å². The van der Waals surface area contributed by atoms with Gasteiger partial charge < -0.3 is 15.1 Å². The number of amides is 1. The maximum atomic E-state index is 12.5. The first-order valence-electron chi connectivity index (χ1n) is 7.37. The second-order valence-corrected chi connectivity index (χ2v) is 6.38. The average Bonchev–Trinajstić information content (AvgIpc) is 2.77. The Morgan fingerprint density at radius 1 is 1.48 bits per heavy atom. The lowest BCUT2D eigenvalue weighted by Gasteiger charge is -2.38. The normalized spacial score (nSPS) is 21.4. The van der Waals surface area contributed by atoms with Gasteiger partial charge in [-0.2, -0.15) is 0 Å². The molecule has 5 nitrogen and oxygen atoms in total. The van der Waals surface area contributed by atoms with Crippen molar-refractivity contribution in [3.63, 3.8) is 0 Å². The van der Waals surface area contributed by atoms with Gasteiger partial charge in [0.15, 0.2) is 11.5 Å². The third-order valence-corrected chi connectivity index (χ3v) is 4.15. The molecule has 1 aliphatic heterocycles. The average molecular weight is 287 g/mol. The van der Waals surface area contributed by atoms with E-state index >= 15 is 0 Å². The molecule has 2 heterocycles. The van der Waals surface area contributed by atoms with Gasteiger partial charge >= 0.3 is 0 Å². The molecule has 1 atom stereocenters. The second-order valence-electron chi connectivity index (χ2n) is 6.38. The van der Waals surface area contributed by atoms with E-state index in [2.05, 4.69) is 29.5 Å². The molecule has 0 radical (unpaired) electrons. The predicted octanol–water partition coefficient (Wildman–Crippen LogP) is 2.85. The maximum absolute atomic E-state index is 12.5. The van der Waals surface area contributed by atoms with Crippen molar-refractivity contribution in [2.45, 2.75) is 39.7 Å². The number of nitrogens with one attached hydrogen (secondary N) is 2. The Kier molecular flexibility index (Phi) is 3.45. The summed E-state index contributed by atoms with van der Waals surface area (Å²) in [4.78, 5) is 16.8. The fourth-order valence-corrected chi connectivity index (χ4v) is 2.99. The van der Waals surface area contributed by atoms with Crippen LogP contribution in [-0.2, 0) is 4.79 Å². The quantitative estimate of drug-likeness (QED) is 0.891. The number of hydrogen-bond donors (Lipinski definition) is 2. The molecule has 2 N–H and O–H groups in total. The van der Waals surface area contributed by atoms with E-state index in [0.29, 0.717) is 5.89 Å². The third-order valence-electron chi connectivity index (χ3n) is 4.15. The predicted molar refractivity (Wildman–Crippen MR) is 82.2 cm³/mol. The number of carbonyl (C=O) groups excluding carboxylic acids is 1. The Labute approximate surface area is 124 Å². The minimum Gasteiger partial charge on any atom is -0.441 e. The monoisotopic (exact) mass is 287 g/mol. The third kappa shape index (κ3) is 2.78. The van der Waals surface area contributed by atoms with Crippen molar-refractivity contribution in [1.82, 2.24) is 10.3 Å². The molecular formula is C16H21N3O2. The summed E-state index contributed by atoms with van der Waals surface area (Å²) in [5.41, 5.74) is 2.23. The molecule has 0 spiro atoms. The molecule has 0 bridgehead atoms. The van der Waals surface area contributed by atoms with Crippen molar-refractivity contribution in [1.29, 1.82) is 0 Å². The maximum Gasteiger partial charge on any atom is 0.242 e.